The Bertz CT molecular complexity index is 3190. The number of nitrogens with one attached hydrogen (secondary N) is 2. The number of alkyl halides is 3. The van der Waals surface area contributed by atoms with Crippen LogP contribution in [0.5, 0.6) is 5.75 Å². The van der Waals surface area contributed by atoms with Gasteiger partial charge in [-0.3, -0.25) is 23.9 Å². The van der Waals surface area contributed by atoms with E-state index in [0.717, 1.165) is 35.3 Å². The summed E-state index contributed by atoms with van der Waals surface area (Å²) in [7, 11) is 0. The second kappa shape index (κ2) is 20.1. The number of aromatic nitrogens is 7. The Morgan fingerprint density at radius 2 is 1.70 bits per heavy atom. The van der Waals surface area contributed by atoms with E-state index in [9.17, 15) is 38.0 Å². The summed E-state index contributed by atoms with van der Waals surface area (Å²) >= 11 is 0. The number of carbonyl (C=O) groups excluding carboxylic acids is 2. The topological polar surface area (TPSA) is 201 Å². The summed E-state index contributed by atoms with van der Waals surface area (Å²) in [5.74, 6) is -2.69. The van der Waals surface area contributed by atoms with E-state index in [1.165, 1.54) is 45.7 Å². The monoisotopic (exact) mass is 1000 g/mol. The molecule has 0 unspecified atom stereocenters. The summed E-state index contributed by atoms with van der Waals surface area (Å²) in [6.07, 6.45) is -0.351. The number of nitriles is 1. The van der Waals surface area contributed by atoms with Gasteiger partial charge < -0.3 is 24.4 Å². The Balaban J connectivity index is 0.00000361. The van der Waals surface area contributed by atoms with Crippen LogP contribution in [0.1, 0.15) is 83.0 Å². The van der Waals surface area contributed by atoms with E-state index in [0.29, 0.717) is 50.1 Å². The van der Waals surface area contributed by atoms with Crippen molar-refractivity contribution in [3.05, 3.63) is 129 Å². The predicted molar refractivity (Wildman–Crippen MR) is 254 cm³/mol. The first-order valence-corrected chi connectivity index (χ1v) is 21.7. The van der Waals surface area contributed by atoms with E-state index in [2.05, 4.69) is 55.7 Å². The number of hydroxylamine groups is 1. The molecule has 0 radical (unpaired) electrons. The Kier molecular flexibility index (Phi) is 14.6. The SMILES string of the molecule is CC(C)(C)CN1CCC(n2c(=O)n(-c3ccc(C(=O)N4CCc5c(n(Cc6ccc(C#N)cc6F)c6ncccc56)C4)nc3)c3c(C(=O)NO)nc(Nc4ccc(OC(F)(F)F)cc4)nc32)CC1.Cl.Cl. The fourth-order valence-electron chi connectivity index (χ4n) is 9.15. The van der Waals surface area contributed by atoms with E-state index in [4.69, 9.17) is 0 Å². The minimum absolute atomic E-state index is 0. The number of likely N-dealkylation sites (tertiary alicyclic amines) is 1. The molecule has 2 aromatic carbocycles. The van der Waals surface area contributed by atoms with Gasteiger partial charge in [0.1, 0.15) is 28.4 Å². The first kappa shape index (κ1) is 50.7. The molecule has 17 nitrogen and oxygen atoms in total. The van der Waals surface area contributed by atoms with E-state index in [1.807, 2.05) is 22.8 Å². The zero-order valence-electron chi connectivity index (χ0n) is 37.8. The number of hydrogen-bond acceptors (Lipinski definition) is 12. The number of benzene rings is 2. The van der Waals surface area contributed by atoms with Gasteiger partial charge in [0.25, 0.3) is 11.8 Å². The molecule has 2 aliphatic heterocycles. The van der Waals surface area contributed by atoms with Crippen molar-refractivity contribution in [3.63, 3.8) is 0 Å². The summed E-state index contributed by atoms with van der Waals surface area (Å²) < 4.78 is 62.3. The summed E-state index contributed by atoms with van der Waals surface area (Å²) in [4.78, 5) is 64.6. The molecule has 5 aromatic heterocycles. The highest BCUT2D eigenvalue weighted by atomic mass is 35.5. The molecule has 9 rings (SSSR count). The van der Waals surface area contributed by atoms with E-state index in [1.54, 1.807) is 28.7 Å². The molecule has 0 aliphatic carbocycles. The van der Waals surface area contributed by atoms with Gasteiger partial charge in [-0.25, -0.2) is 29.6 Å². The summed E-state index contributed by atoms with van der Waals surface area (Å²) in [5, 5.41) is 23.0. The lowest BCUT2D eigenvalue weighted by Crippen LogP contribution is -2.41. The molecule has 0 bridgehead atoms. The molecule has 0 atom stereocenters. The number of ether oxygens (including phenoxy) is 1. The second-order valence-electron chi connectivity index (χ2n) is 17.9. The standard InChI is InChI=1S/C47H44F4N12O5.2ClH/c1-46(2,3)26-59-18-14-30(15-19-59)63-41-39(38(42(64)58-67)56-44(57-41)55-29-8-11-32(12-9-29)68-47(49,50)51)62(45(63)66)31-10-13-36(54-23-31)43(65)60-20-16-33-34-5-4-17-53-40(34)61(37(33)25-60)24-28-7-6-27(22-52)21-35(28)48;;/h4-13,17,21,23,30,67H,14-16,18-20,24-26H2,1-3H3,(H,58,64)(H,55,56,57);2*1H. The van der Waals surface area contributed by atoms with E-state index < -0.39 is 47.2 Å². The first-order valence-electron chi connectivity index (χ1n) is 21.7. The average Bonchev–Trinajstić information content (AvgIpc) is 3.78. The molecule has 2 aliphatic rings. The quantitative estimate of drug-likeness (QED) is 0.0681. The lowest BCUT2D eigenvalue weighted by atomic mass is 9.94. The minimum atomic E-state index is -4.90. The van der Waals surface area contributed by atoms with Crippen LogP contribution in [-0.4, -0.2) is 93.0 Å². The summed E-state index contributed by atoms with van der Waals surface area (Å²) in [6, 6.07) is 17.3. The number of rotatable bonds is 10. The molecule has 7 aromatic rings. The molecular formula is C47H46Cl2F4N12O5. The average molecular weight is 1010 g/mol. The first-order chi connectivity index (χ1) is 32.5. The number of piperidine rings is 1. The third-order valence-electron chi connectivity index (χ3n) is 12.0. The van der Waals surface area contributed by atoms with Gasteiger partial charge in [-0.2, -0.15) is 10.2 Å². The number of imidazole rings is 1. The van der Waals surface area contributed by atoms with E-state index in [-0.39, 0.29) is 83.1 Å². The minimum Gasteiger partial charge on any atom is -0.406 e. The van der Waals surface area contributed by atoms with Crippen LogP contribution in [0.4, 0.5) is 29.2 Å². The number of carbonyl (C=O) groups is 2. The van der Waals surface area contributed by atoms with Gasteiger partial charge in [0.15, 0.2) is 11.3 Å². The Morgan fingerprint density at radius 3 is 2.34 bits per heavy atom. The van der Waals surface area contributed by atoms with Crippen molar-refractivity contribution < 1.29 is 37.1 Å². The van der Waals surface area contributed by atoms with Gasteiger partial charge in [-0.05, 0) is 90.9 Å². The maximum Gasteiger partial charge on any atom is 0.573 e. The largest absolute Gasteiger partial charge is 0.573 e. The highest BCUT2D eigenvalue weighted by molar-refractivity contribution is 6.03. The molecule has 1 saturated heterocycles. The molecule has 3 N–H and O–H groups in total. The second-order valence-corrected chi connectivity index (χ2v) is 17.9. The zero-order valence-corrected chi connectivity index (χ0v) is 39.5. The summed E-state index contributed by atoms with van der Waals surface area (Å²) in [5.41, 5.74) is 3.98. The molecule has 2 amide bonds. The number of fused-ring (bicyclic) bond motifs is 4. The van der Waals surface area contributed by atoms with E-state index >= 15 is 4.39 Å². The zero-order chi connectivity index (χ0) is 48.1. The van der Waals surface area contributed by atoms with Crippen LogP contribution in [-0.2, 0) is 19.5 Å². The van der Waals surface area contributed by atoms with Crippen LogP contribution in [0.3, 0.4) is 0 Å². The third kappa shape index (κ3) is 10.3. The van der Waals surface area contributed by atoms with Gasteiger partial charge in [-0.15, -0.1) is 38.0 Å². The van der Waals surface area contributed by atoms with Crippen LogP contribution in [0.2, 0.25) is 0 Å². The molecule has 0 spiro atoms. The van der Waals surface area contributed by atoms with Crippen LogP contribution < -0.4 is 21.2 Å². The molecule has 70 heavy (non-hydrogen) atoms. The molecular weight excluding hydrogens is 959 g/mol. The van der Waals surface area contributed by atoms with Crippen molar-refractivity contribution in [1.29, 1.82) is 5.26 Å². The van der Waals surface area contributed by atoms with Crippen LogP contribution in [0.25, 0.3) is 27.9 Å². The molecule has 0 saturated carbocycles. The van der Waals surface area contributed by atoms with Crippen LogP contribution >= 0.6 is 24.8 Å². The van der Waals surface area contributed by atoms with Gasteiger partial charge >= 0.3 is 12.1 Å². The van der Waals surface area contributed by atoms with Crippen molar-refractivity contribution >= 4 is 70.5 Å². The fourth-order valence-corrected chi connectivity index (χ4v) is 9.15. The number of halogens is 6. The normalized spacial score (nSPS) is 14.4. The molecule has 366 valence electrons. The summed E-state index contributed by atoms with van der Waals surface area (Å²) in [6.45, 7) is 9.19. The van der Waals surface area contributed by atoms with Crippen molar-refractivity contribution in [1.82, 2.24) is 48.9 Å². The lowest BCUT2D eigenvalue weighted by molar-refractivity contribution is -0.274. The fraction of sp³-hybridized carbons (Fsp3) is 0.319. The van der Waals surface area contributed by atoms with Crippen molar-refractivity contribution in [3.8, 4) is 17.5 Å². The molecule has 7 heterocycles. The highest BCUT2D eigenvalue weighted by Crippen LogP contribution is 2.34. The number of hydrogen-bond donors (Lipinski definition) is 3. The van der Waals surface area contributed by atoms with Gasteiger partial charge in [0.05, 0.1) is 36.6 Å². The van der Waals surface area contributed by atoms with Gasteiger partial charge in [-0.1, -0.05) is 26.8 Å². The predicted octanol–water partition coefficient (Wildman–Crippen LogP) is 7.87. The maximum atomic E-state index is 15.2. The number of pyridine rings is 2. The number of amides is 2. The molecule has 23 heteroatoms. The van der Waals surface area contributed by atoms with Crippen LogP contribution in [0, 0.1) is 22.6 Å². The lowest BCUT2D eigenvalue weighted by Gasteiger charge is -2.36. The molecule has 1 fully saturated rings. The smallest absolute Gasteiger partial charge is 0.406 e. The van der Waals surface area contributed by atoms with Crippen molar-refractivity contribution in [2.45, 2.75) is 65.5 Å². The van der Waals surface area contributed by atoms with Crippen molar-refractivity contribution in [2.75, 3.05) is 31.5 Å². The van der Waals surface area contributed by atoms with Gasteiger partial charge in [0, 0.05) is 60.7 Å². The Morgan fingerprint density at radius 1 is 0.957 bits per heavy atom. The third-order valence-corrected chi connectivity index (χ3v) is 12.0. The number of anilines is 2. The van der Waals surface area contributed by atoms with Crippen LogP contribution in [0.15, 0.2) is 83.9 Å². The Labute approximate surface area is 409 Å². The van der Waals surface area contributed by atoms with Crippen molar-refractivity contribution in [2.24, 2.45) is 5.41 Å². The maximum absolute atomic E-state index is 15.2. The van der Waals surface area contributed by atoms with Gasteiger partial charge in [0.2, 0.25) is 5.95 Å². The number of nitrogens with zero attached hydrogens (tertiary/aromatic N) is 10. The highest BCUT2D eigenvalue weighted by Gasteiger charge is 2.34. The Hall–Kier alpha value is -7.12.